The van der Waals surface area contributed by atoms with Gasteiger partial charge >= 0.3 is 12.6 Å². The van der Waals surface area contributed by atoms with Crippen molar-refractivity contribution >= 4 is 27.6 Å². The standard InChI is InChI=1S/C12H12BrF2NO5/c1-2-20-11(17)5-7-3-9(16(18)19)8(6-13)4-10(7)21-12(14)15/h3-4,12H,2,5-6H2,1H3. The maximum absolute atomic E-state index is 12.4. The van der Waals surface area contributed by atoms with E-state index in [1.54, 1.807) is 6.92 Å². The van der Waals surface area contributed by atoms with Crippen molar-refractivity contribution < 1.29 is 28.0 Å². The molecule has 0 aromatic heterocycles. The van der Waals surface area contributed by atoms with Crippen LogP contribution in [0.3, 0.4) is 0 Å². The number of carbonyl (C=O) groups excluding carboxylic acids is 1. The third-order valence-corrected chi connectivity index (χ3v) is 3.06. The van der Waals surface area contributed by atoms with Crippen molar-refractivity contribution in [3.63, 3.8) is 0 Å². The monoisotopic (exact) mass is 367 g/mol. The molecule has 116 valence electrons. The minimum atomic E-state index is -3.10. The number of carbonyl (C=O) groups is 1. The van der Waals surface area contributed by atoms with Crippen molar-refractivity contribution in [3.05, 3.63) is 33.4 Å². The lowest BCUT2D eigenvalue weighted by Gasteiger charge is -2.12. The predicted molar refractivity (Wildman–Crippen MR) is 72.7 cm³/mol. The molecule has 6 nitrogen and oxygen atoms in total. The van der Waals surface area contributed by atoms with E-state index in [4.69, 9.17) is 4.74 Å². The average molecular weight is 368 g/mol. The molecule has 0 heterocycles. The molecule has 0 saturated carbocycles. The van der Waals surface area contributed by atoms with Gasteiger partial charge in [0.25, 0.3) is 5.69 Å². The first-order valence-electron chi connectivity index (χ1n) is 5.85. The SMILES string of the molecule is CCOC(=O)Cc1cc([N+](=O)[O-])c(CBr)cc1OC(F)F. The van der Waals surface area contributed by atoms with Crippen molar-refractivity contribution in [1.29, 1.82) is 0 Å². The van der Waals surface area contributed by atoms with Gasteiger partial charge in [0.2, 0.25) is 0 Å². The van der Waals surface area contributed by atoms with Crippen LogP contribution in [0, 0.1) is 10.1 Å². The number of esters is 1. The molecule has 0 N–H and O–H groups in total. The summed E-state index contributed by atoms with van der Waals surface area (Å²) in [4.78, 5) is 21.7. The smallest absolute Gasteiger partial charge is 0.387 e. The molecule has 0 amide bonds. The molecule has 21 heavy (non-hydrogen) atoms. The second-order valence-electron chi connectivity index (χ2n) is 3.84. The Bertz CT molecular complexity index is 539. The summed E-state index contributed by atoms with van der Waals surface area (Å²) < 4.78 is 33.8. The molecular formula is C12H12BrF2NO5. The Morgan fingerprint density at radius 2 is 2.10 bits per heavy atom. The maximum atomic E-state index is 12.4. The van der Waals surface area contributed by atoms with E-state index in [1.165, 1.54) is 0 Å². The van der Waals surface area contributed by atoms with Gasteiger partial charge in [-0.1, -0.05) is 15.9 Å². The van der Waals surface area contributed by atoms with Crippen molar-refractivity contribution in [1.82, 2.24) is 0 Å². The van der Waals surface area contributed by atoms with Crippen LogP contribution in [0.25, 0.3) is 0 Å². The molecule has 9 heteroatoms. The topological polar surface area (TPSA) is 78.7 Å². The number of ether oxygens (including phenoxy) is 2. The van der Waals surface area contributed by atoms with Gasteiger partial charge in [0, 0.05) is 22.5 Å². The van der Waals surface area contributed by atoms with E-state index in [0.29, 0.717) is 0 Å². The Labute approximate surface area is 127 Å². The van der Waals surface area contributed by atoms with Gasteiger partial charge in [-0.3, -0.25) is 14.9 Å². The number of hydrogen-bond acceptors (Lipinski definition) is 5. The summed E-state index contributed by atoms with van der Waals surface area (Å²) in [6, 6.07) is 2.17. The van der Waals surface area contributed by atoms with Gasteiger partial charge in [0.1, 0.15) is 5.75 Å². The molecule has 0 spiro atoms. The molecular weight excluding hydrogens is 356 g/mol. The molecule has 0 radical (unpaired) electrons. The van der Waals surface area contributed by atoms with E-state index < -0.39 is 17.5 Å². The molecule has 0 aliphatic carbocycles. The fraction of sp³-hybridized carbons (Fsp3) is 0.417. The number of hydrogen-bond donors (Lipinski definition) is 0. The van der Waals surface area contributed by atoms with Gasteiger partial charge in [0.15, 0.2) is 0 Å². The number of rotatable bonds is 7. The molecule has 1 aromatic carbocycles. The van der Waals surface area contributed by atoms with E-state index in [2.05, 4.69) is 20.7 Å². The highest BCUT2D eigenvalue weighted by Crippen LogP contribution is 2.31. The second-order valence-corrected chi connectivity index (χ2v) is 4.40. The lowest BCUT2D eigenvalue weighted by molar-refractivity contribution is -0.385. The van der Waals surface area contributed by atoms with Crippen molar-refractivity contribution in [3.8, 4) is 5.75 Å². The lowest BCUT2D eigenvalue weighted by atomic mass is 10.1. The zero-order valence-corrected chi connectivity index (χ0v) is 12.6. The third-order valence-electron chi connectivity index (χ3n) is 2.46. The number of alkyl halides is 3. The second kappa shape index (κ2) is 7.87. The lowest BCUT2D eigenvalue weighted by Crippen LogP contribution is -2.12. The largest absolute Gasteiger partial charge is 0.466 e. The highest BCUT2D eigenvalue weighted by molar-refractivity contribution is 9.08. The molecule has 0 saturated heterocycles. The number of nitrogens with zero attached hydrogens (tertiary/aromatic N) is 1. The van der Waals surface area contributed by atoms with Crippen LogP contribution in [0.5, 0.6) is 5.75 Å². The Kier molecular flexibility index (Phi) is 6.47. The summed E-state index contributed by atoms with van der Waals surface area (Å²) >= 11 is 3.04. The van der Waals surface area contributed by atoms with E-state index >= 15 is 0 Å². The van der Waals surface area contributed by atoms with Gasteiger partial charge < -0.3 is 9.47 Å². The predicted octanol–water partition coefficient (Wildman–Crippen LogP) is 3.20. The molecule has 0 aliphatic heterocycles. The summed E-state index contributed by atoms with van der Waals surface area (Å²) in [5.74, 6) is -0.962. The Balaban J connectivity index is 3.25. The van der Waals surface area contributed by atoms with Crippen LogP contribution >= 0.6 is 15.9 Å². The van der Waals surface area contributed by atoms with Crippen molar-refractivity contribution in [2.75, 3.05) is 6.61 Å². The van der Waals surface area contributed by atoms with Gasteiger partial charge in [-0.2, -0.15) is 8.78 Å². The van der Waals surface area contributed by atoms with Crippen LogP contribution in [-0.4, -0.2) is 24.1 Å². The van der Waals surface area contributed by atoms with E-state index in [1.807, 2.05) is 0 Å². The Morgan fingerprint density at radius 1 is 1.43 bits per heavy atom. The third kappa shape index (κ3) is 4.92. The van der Waals surface area contributed by atoms with Gasteiger partial charge in [-0.25, -0.2) is 0 Å². The van der Waals surface area contributed by atoms with Crippen LogP contribution in [0.2, 0.25) is 0 Å². The quantitative estimate of drug-likeness (QED) is 0.320. The van der Waals surface area contributed by atoms with Crippen LogP contribution in [0.4, 0.5) is 14.5 Å². The fourth-order valence-corrected chi connectivity index (χ4v) is 2.09. The van der Waals surface area contributed by atoms with Gasteiger partial charge in [0.05, 0.1) is 18.0 Å². The van der Waals surface area contributed by atoms with Crippen LogP contribution < -0.4 is 4.74 Å². The molecule has 0 bridgehead atoms. The van der Waals surface area contributed by atoms with Crippen LogP contribution in [0.1, 0.15) is 18.1 Å². The highest BCUT2D eigenvalue weighted by atomic mass is 79.9. The molecule has 1 rings (SSSR count). The average Bonchev–Trinajstić information content (AvgIpc) is 2.39. The zero-order chi connectivity index (χ0) is 16.0. The van der Waals surface area contributed by atoms with E-state index in [-0.39, 0.29) is 40.9 Å². The Hall–Kier alpha value is -1.77. The van der Waals surface area contributed by atoms with Crippen LogP contribution in [0.15, 0.2) is 12.1 Å². The summed E-state index contributed by atoms with van der Waals surface area (Å²) in [5.41, 5.74) is -0.138. The summed E-state index contributed by atoms with van der Waals surface area (Å²) in [6.07, 6.45) is -0.390. The Morgan fingerprint density at radius 3 is 2.57 bits per heavy atom. The van der Waals surface area contributed by atoms with E-state index in [9.17, 15) is 23.7 Å². The van der Waals surface area contributed by atoms with Crippen LogP contribution in [-0.2, 0) is 21.3 Å². The summed E-state index contributed by atoms with van der Waals surface area (Å²) in [6.45, 7) is -1.40. The minimum Gasteiger partial charge on any atom is -0.466 e. The molecule has 0 aliphatic rings. The molecule has 0 fully saturated rings. The van der Waals surface area contributed by atoms with E-state index in [0.717, 1.165) is 12.1 Å². The normalized spacial score (nSPS) is 10.5. The first kappa shape index (κ1) is 17.3. The minimum absolute atomic E-state index is 0.0230. The first-order valence-corrected chi connectivity index (χ1v) is 6.97. The zero-order valence-electron chi connectivity index (χ0n) is 11.0. The molecule has 0 unspecified atom stereocenters. The first-order chi connectivity index (χ1) is 9.88. The van der Waals surface area contributed by atoms with Gasteiger partial charge in [-0.15, -0.1) is 0 Å². The summed E-state index contributed by atoms with van der Waals surface area (Å²) in [5, 5.41) is 11.0. The van der Waals surface area contributed by atoms with Gasteiger partial charge in [-0.05, 0) is 13.0 Å². The maximum Gasteiger partial charge on any atom is 0.387 e. The molecule has 1 aromatic rings. The number of halogens is 3. The van der Waals surface area contributed by atoms with Crippen molar-refractivity contribution in [2.45, 2.75) is 25.3 Å². The molecule has 0 atom stereocenters. The number of nitro benzene ring substituents is 1. The highest BCUT2D eigenvalue weighted by Gasteiger charge is 2.21. The number of benzene rings is 1. The number of nitro groups is 1. The fourth-order valence-electron chi connectivity index (χ4n) is 1.64. The summed E-state index contributed by atoms with van der Waals surface area (Å²) in [7, 11) is 0. The van der Waals surface area contributed by atoms with Crippen molar-refractivity contribution in [2.24, 2.45) is 0 Å².